The number of nitrogens with zero attached hydrogens (tertiary/aromatic N) is 2. The van der Waals surface area contributed by atoms with Crippen molar-refractivity contribution < 1.29 is 0 Å². The predicted molar refractivity (Wildman–Crippen MR) is 85.3 cm³/mol. The summed E-state index contributed by atoms with van der Waals surface area (Å²) in [5.41, 5.74) is 2.71. The van der Waals surface area contributed by atoms with Crippen LogP contribution in [0.5, 0.6) is 0 Å². The fourth-order valence-electron chi connectivity index (χ4n) is 2.73. The maximum atomic E-state index is 6.08. The molecular formula is C17H23ClN2. The normalized spacial score (nSPS) is 12.6. The zero-order chi connectivity index (χ0) is 14.4. The molecule has 0 aliphatic rings. The number of aromatic nitrogens is 2. The molecule has 1 heterocycles. The SMILES string of the molecule is CCCCCC(Cn1ccnc1)c1ccc(Cl)cc1C. The number of benzene rings is 1. The van der Waals surface area contributed by atoms with Crippen molar-refractivity contribution in [1.82, 2.24) is 9.55 Å². The minimum Gasteiger partial charge on any atom is -0.337 e. The zero-order valence-electron chi connectivity index (χ0n) is 12.3. The molecule has 0 spiro atoms. The van der Waals surface area contributed by atoms with Crippen LogP contribution in [0.2, 0.25) is 5.02 Å². The molecule has 2 aromatic rings. The Morgan fingerprint density at radius 1 is 1.30 bits per heavy atom. The van der Waals surface area contributed by atoms with Gasteiger partial charge in [-0.05, 0) is 36.6 Å². The van der Waals surface area contributed by atoms with Gasteiger partial charge in [-0.15, -0.1) is 0 Å². The van der Waals surface area contributed by atoms with E-state index in [0.29, 0.717) is 5.92 Å². The topological polar surface area (TPSA) is 17.8 Å². The van der Waals surface area contributed by atoms with Crippen molar-refractivity contribution in [3.8, 4) is 0 Å². The molecule has 0 fully saturated rings. The summed E-state index contributed by atoms with van der Waals surface area (Å²) in [6, 6.07) is 6.26. The first kappa shape index (κ1) is 15.1. The van der Waals surface area contributed by atoms with Gasteiger partial charge >= 0.3 is 0 Å². The molecule has 20 heavy (non-hydrogen) atoms. The van der Waals surface area contributed by atoms with Crippen molar-refractivity contribution in [2.45, 2.75) is 52.0 Å². The second kappa shape index (κ2) is 7.49. The highest BCUT2D eigenvalue weighted by Crippen LogP contribution is 2.29. The van der Waals surface area contributed by atoms with Crippen LogP contribution in [0, 0.1) is 6.92 Å². The van der Waals surface area contributed by atoms with Crippen LogP contribution in [0.15, 0.2) is 36.9 Å². The maximum absolute atomic E-state index is 6.08. The van der Waals surface area contributed by atoms with Gasteiger partial charge in [-0.25, -0.2) is 4.98 Å². The Bertz CT molecular complexity index is 520. The number of unbranched alkanes of at least 4 members (excludes halogenated alkanes) is 2. The van der Waals surface area contributed by atoms with Crippen LogP contribution in [-0.4, -0.2) is 9.55 Å². The second-order valence-electron chi connectivity index (χ2n) is 5.45. The molecule has 1 atom stereocenters. The Labute approximate surface area is 126 Å². The van der Waals surface area contributed by atoms with Crippen LogP contribution in [0.1, 0.15) is 49.7 Å². The summed E-state index contributed by atoms with van der Waals surface area (Å²) in [4.78, 5) is 4.14. The molecular weight excluding hydrogens is 268 g/mol. The highest BCUT2D eigenvalue weighted by atomic mass is 35.5. The summed E-state index contributed by atoms with van der Waals surface area (Å²) in [5.74, 6) is 0.535. The van der Waals surface area contributed by atoms with Crippen LogP contribution >= 0.6 is 11.6 Å². The lowest BCUT2D eigenvalue weighted by Crippen LogP contribution is -2.09. The Balaban J connectivity index is 2.15. The van der Waals surface area contributed by atoms with E-state index in [9.17, 15) is 0 Å². The average Bonchev–Trinajstić information content (AvgIpc) is 2.91. The van der Waals surface area contributed by atoms with Crippen molar-refractivity contribution in [3.05, 3.63) is 53.1 Å². The standard InChI is InChI=1S/C17H23ClN2/c1-3-4-5-6-15(12-20-10-9-19-13-20)17-8-7-16(18)11-14(17)2/h7-11,13,15H,3-6,12H2,1-2H3. The first-order valence-electron chi connectivity index (χ1n) is 7.42. The van der Waals surface area contributed by atoms with E-state index in [4.69, 9.17) is 11.6 Å². The summed E-state index contributed by atoms with van der Waals surface area (Å²) in [5, 5.41) is 0.821. The summed E-state index contributed by atoms with van der Waals surface area (Å²) < 4.78 is 2.17. The van der Waals surface area contributed by atoms with Crippen molar-refractivity contribution in [2.24, 2.45) is 0 Å². The predicted octanol–water partition coefficient (Wildman–Crippen LogP) is 5.21. The summed E-state index contributed by atoms with van der Waals surface area (Å²) in [6.07, 6.45) is 10.8. The molecule has 2 rings (SSSR count). The van der Waals surface area contributed by atoms with E-state index in [-0.39, 0.29) is 0 Å². The highest BCUT2D eigenvalue weighted by Gasteiger charge is 2.14. The van der Waals surface area contributed by atoms with E-state index >= 15 is 0 Å². The van der Waals surface area contributed by atoms with Crippen LogP contribution in [0.3, 0.4) is 0 Å². The lowest BCUT2D eigenvalue weighted by molar-refractivity contribution is 0.495. The lowest BCUT2D eigenvalue weighted by atomic mass is 9.90. The van der Waals surface area contributed by atoms with E-state index in [2.05, 4.69) is 35.5 Å². The molecule has 0 saturated carbocycles. The zero-order valence-corrected chi connectivity index (χ0v) is 13.1. The van der Waals surface area contributed by atoms with Crippen molar-refractivity contribution in [1.29, 1.82) is 0 Å². The van der Waals surface area contributed by atoms with Gasteiger partial charge in [-0.2, -0.15) is 0 Å². The molecule has 1 aromatic carbocycles. The Hall–Kier alpha value is -1.28. The molecule has 1 aromatic heterocycles. The van der Waals surface area contributed by atoms with Crippen LogP contribution < -0.4 is 0 Å². The Kier molecular flexibility index (Phi) is 5.66. The van der Waals surface area contributed by atoms with Gasteiger partial charge in [0.15, 0.2) is 0 Å². The van der Waals surface area contributed by atoms with E-state index in [1.807, 2.05) is 24.8 Å². The van der Waals surface area contributed by atoms with Gasteiger partial charge in [-0.1, -0.05) is 43.9 Å². The third kappa shape index (κ3) is 4.11. The monoisotopic (exact) mass is 290 g/mol. The van der Waals surface area contributed by atoms with Gasteiger partial charge in [0.1, 0.15) is 0 Å². The number of hydrogen-bond donors (Lipinski definition) is 0. The van der Waals surface area contributed by atoms with Gasteiger partial charge in [0.25, 0.3) is 0 Å². The van der Waals surface area contributed by atoms with E-state index in [1.54, 1.807) is 0 Å². The largest absolute Gasteiger partial charge is 0.337 e. The van der Waals surface area contributed by atoms with Crippen LogP contribution in [0.4, 0.5) is 0 Å². The molecule has 108 valence electrons. The molecule has 0 aliphatic heterocycles. The van der Waals surface area contributed by atoms with Gasteiger partial charge in [0, 0.05) is 29.9 Å². The molecule has 0 radical (unpaired) electrons. The summed E-state index contributed by atoms with van der Waals surface area (Å²) >= 11 is 6.08. The number of halogens is 1. The average molecular weight is 291 g/mol. The fourth-order valence-corrected chi connectivity index (χ4v) is 2.96. The van der Waals surface area contributed by atoms with Crippen molar-refractivity contribution in [2.75, 3.05) is 0 Å². The quantitative estimate of drug-likeness (QED) is 0.640. The minimum atomic E-state index is 0.535. The molecule has 0 aliphatic carbocycles. The van der Waals surface area contributed by atoms with Gasteiger partial charge in [0.2, 0.25) is 0 Å². The number of aryl methyl sites for hydroxylation is 1. The molecule has 0 N–H and O–H groups in total. The molecule has 2 nitrogen and oxygen atoms in total. The fraction of sp³-hybridized carbons (Fsp3) is 0.471. The van der Waals surface area contributed by atoms with E-state index in [1.165, 1.54) is 36.8 Å². The third-order valence-corrected chi connectivity index (χ3v) is 4.05. The van der Waals surface area contributed by atoms with Crippen molar-refractivity contribution >= 4 is 11.6 Å². The number of imidazole rings is 1. The summed E-state index contributed by atoms with van der Waals surface area (Å²) in [6.45, 7) is 5.40. The molecule has 1 unspecified atom stereocenters. The highest BCUT2D eigenvalue weighted by molar-refractivity contribution is 6.30. The number of hydrogen-bond acceptors (Lipinski definition) is 1. The van der Waals surface area contributed by atoms with Gasteiger partial charge < -0.3 is 4.57 Å². The van der Waals surface area contributed by atoms with Gasteiger partial charge in [0.05, 0.1) is 6.33 Å². The smallest absolute Gasteiger partial charge is 0.0946 e. The molecule has 0 amide bonds. The Morgan fingerprint density at radius 3 is 2.80 bits per heavy atom. The van der Waals surface area contributed by atoms with E-state index in [0.717, 1.165) is 11.6 Å². The van der Waals surface area contributed by atoms with Crippen molar-refractivity contribution in [3.63, 3.8) is 0 Å². The first-order valence-corrected chi connectivity index (χ1v) is 7.80. The molecule has 3 heteroatoms. The van der Waals surface area contributed by atoms with Gasteiger partial charge in [-0.3, -0.25) is 0 Å². The van der Waals surface area contributed by atoms with Crippen LogP contribution in [0.25, 0.3) is 0 Å². The number of rotatable bonds is 7. The van der Waals surface area contributed by atoms with E-state index < -0.39 is 0 Å². The third-order valence-electron chi connectivity index (χ3n) is 3.82. The molecule has 0 saturated heterocycles. The Morgan fingerprint density at radius 2 is 2.15 bits per heavy atom. The second-order valence-corrected chi connectivity index (χ2v) is 5.89. The lowest BCUT2D eigenvalue weighted by Gasteiger charge is -2.20. The minimum absolute atomic E-state index is 0.535. The maximum Gasteiger partial charge on any atom is 0.0946 e. The van der Waals surface area contributed by atoms with Crippen LogP contribution in [-0.2, 0) is 6.54 Å². The summed E-state index contributed by atoms with van der Waals surface area (Å²) in [7, 11) is 0. The first-order chi connectivity index (χ1) is 9.70. The molecule has 0 bridgehead atoms.